The molecule has 0 fully saturated rings. The van der Waals surface area contributed by atoms with Crippen LogP contribution in [0.4, 0.5) is 17.5 Å². The van der Waals surface area contributed by atoms with Gasteiger partial charge in [-0.05, 0) is 36.6 Å². The third kappa shape index (κ3) is 4.53. The van der Waals surface area contributed by atoms with Crippen LogP contribution in [0.1, 0.15) is 25.0 Å². The van der Waals surface area contributed by atoms with E-state index in [4.69, 9.17) is 0 Å². The lowest BCUT2D eigenvalue weighted by Gasteiger charge is -2.20. The molecule has 2 aromatic carbocycles. The average Bonchev–Trinajstić information content (AvgIpc) is 2.68. The van der Waals surface area contributed by atoms with Crippen LogP contribution in [-0.2, 0) is 13.0 Å². The quantitative estimate of drug-likeness (QED) is 0.702. The molecule has 0 saturated heterocycles. The van der Waals surface area contributed by atoms with Gasteiger partial charge < -0.3 is 10.2 Å². The molecule has 0 atom stereocenters. The fourth-order valence-corrected chi connectivity index (χ4v) is 2.59. The summed E-state index contributed by atoms with van der Waals surface area (Å²) in [5.41, 5.74) is 3.53. The van der Waals surface area contributed by atoms with E-state index in [0.717, 1.165) is 25.2 Å². The first-order valence-corrected chi connectivity index (χ1v) is 8.63. The molecule has 1 heterocycles. The van der Waals surface area contributed by atoms with E-state index in [1.165, 1.54) is 11.1 Å². The molecule has 5 heteroatoms. The number of nitrogens with zero attached hydrogens (tertiary/aromatic N) is 4. The zero-order valence-electron chi connectivity index (χ0n) is 14.7. The molecule has 0 spiro atoms. The predicted molar refractivity (Wildman–Crippen MR) is 102 cm³/mol. The van der Waals surface area contributed by atoms with E-state index >= 15 is 0 Å². The van der Waals surface area contributed by atoms with E-state index in [9.17, 15) is 0 Å². The number of aromatic nitrogens is 3. The van der Waals surface area contributed by atoms with Crippen molar-refractivity contribution >= 4 is 17.5 Å². The van der Waals surface area contributed by atoms with Gasteiger partial charge in [0.15, 0.2) is 5.82 Å². The van der Waals surface area contributed by atoms with Gasteiger partial charge >= 0.3 is 0 Å². The summed E-state index contributed by atoms with van der Waals surface area (Å²) < 4.78 is 0. The number of nitrogens with one attached hydrogen (secondary N) is 1. The molecule has 128 valence electrons. The molecule has 1 aromatic heterocycles. The van der Waals surface area contributed by atoms with Crippen molar-refractivity contribution in [2.45, 2.75) is 26.8 Å². The summed E-state index contributed by atoms with van der Waals surface area (Å²) in [6.07, 6.45) is 2.68. The first-order chi connectivity index (χ1) is 12.3. The van der Waals surface area contributed by atoms with Gasteiger partial charge in [0.05, 0.1) is 6.20 Å². The average molecular weight is 333 g/mol. The molecular weight excluding hydrogens is 310 g/mol. The molecule has 1 N–H and O–H groups in total. The maximum Gasteiger partial charge on any atom is 0.247 e. The van der Waals surface area contributed by atoms with Crippen LogP contribution >= 0.6 is 0 Å². The Bertz CT molecular complexity index is 787. The Kier molecular flexibility index (Phi) is 5.57. The normalized spacial score (nSPS) is 10.5. The Morgan fingerprint density at radius 1 is 0.920 bits per heavy atom. The van der Waals surface area contributed by atoms with E-state index in [-0.39, 0.29) is 0 Å². The minimum absolute atomic E-state index is 0.626. The van der Waals surface area contributed by atoms with Crippen molar-refractivity contribution < 1.29 is 0 Å². The van der Waals surface area contributed by atoms with Crippen molar-refractivity contribution in [3.05, 3.63) is 71.9 Å². The van der Waals surface area contributed by atoms with Gasteiger partial charge in [-0.2, -0.15) is 10.1 Å². The standard InChI is InChI=1S/C20H23N5/c1-3-16-10-12-18(13-11-16)22-19-14-21-24-20(23-19)25(4-2)15-17-8-6-5-7-9-17/h5-14H,3-4,15H2,1-2H3,(H,22,23,24). The number of aryl methyl sites for hydroxylation is 1. The van der Waals surface area contributed by atoms with Crippen molar-refractivity contribution in [3.8, 4) is 0 Å². The Hall–Kier alpha value is -2.95. The highest BCUT2D eigenvalue weighted by atomic mass is 15.3. The maximum absolute atomic E-state index is 4.62. The Morgan fingerprint density at radius 2 is 1.68 bits per heavy atom. The first kappa shape index (κ1) is 16.9. The molecular formula is C20H23N5. The van der Waals surface area contributed by atoms with Crippen LogP contribution in [0.2, 0.25) is 0 Å². The predicted octanol–water partition coefficient (Wildman–Crippen LogP) is 4.20. The molecule has 3 aromatic rings. The molecule has 0 radical (unpaired) electrons. The molecule has 5 nitrogen and oxygen atoms in total. The molecule has 0 aliphatic carbocycles. The Balaban J connectivity index is 1.74. The van der Waals surface area contributed by atoms with Crippen molar-refractivity contribution in [2.75, 3.05) is 16.8 Å². The summed E-state index contributed by atoms with van der Waals surface area (Å²) in [6.45, 7) is 5.81. The largest absolute Gasteiger partial charge is 0.339 e. The van der Waals surface area contributed by atoms with E-state index in [1.807, 2.05) is 18.2 Å². The van der Waals surface area contributed by atoms with Gasteiger partial charge in [0.1, 0.15) is 0 Å². The molecule has 25 heavy (non-hydrogen) atoms. The van der Waals surface area contributed by atoms with Crippen LogP contribution in [0.15, 0.2) is 60.8 Å². The fraction of sp³-hybridized carbons (Fsp3) is 0.250. The van der Waals surface area contributed by atoms with Gasteiger partial charge in [0, 0.05) is 18.8 Å². The van der Waals surface area contributed by atoms with Crippen LogP contribution in [0.5, 0.6) is 0 Å². The lowest BCUT2D eigenvalue weighted by atomic mass is 10.1. The fourth-order valence-electron chi connectivity index (χ4n) is 2.59. The van der Waals surface area contributed by atoms with E-state index < -0.39 is 0 Å². The summed E-state index contributed by atoms with van der Waals surface area (Å²) in [4.78, 5) is 6.72. The molecule has 0 saturated carbocycles. The van der Waals surface area contributed by atoms with Gasteiger partial charge in [0.2, 0.25) is 5.95 Å². The van der Waals surface area contributed by atoms with Crippen LogP contribution in [0, 0.1) is 0 Å². The molecule has 0 aliphatic heterocycles. The van der Waals surface area contributed by atoms with Crippen molar-refractivity contribution in [1.82, 2.24) is 15.2 Å². The van der Waals surface area contributed by atoms with Crippen molar-refractivity contribution in [1.29, 1.82) is 0 Å². The molecule has 0 amide bonds. The lowest BCUT2D eigenvalue weighted by Crippen LogP contribution is -2.24. The zero-order chi connectivity index (χ0) is 17.5. The van der Waals surface area contributed by atoms with Gasteiger partial charge in [0.25, 0.3) is 0 Å². The number of hydrogen-bond donors (Lipinski definition) is 1. The van der Waals surface area contributed by atoms with Gasteiger partial charge in [-0.3, -0.25) is 0 Å². The second-order valence-electron chi connectivity index (χ2n) is 5.82. The molecule has 0 bridgehead atoms. The maximum atomic E-state index is 4.62. The van der Waals surface area contributed by atoms with E-state index in [1.54, 1.807) is 6.20 Å². The first-order valence-electron chi connectivity index (χ1n) is 8.63. The summed E-state index contributed by atoms with van der Waals surface area (Å²) in [5, 5.41) is 11.6. The topological polar surface area (TPSA) is 53.9 Å². The SMILES string of the molecule is CCc1ccc(Nc2cnnc(N(CC)Cc3ccccc3)n2)cc1. The highest BCUT2D eigenvalue weighted by Gasteiger charge is 2.10. The Morgan fingerprint density at radius 3 is 2.36 bits per heavy atom. The summed E-state index contributed by atoms with van der Waals surface area (Å²) in [7, 11) is 0. The lowest BCUT2D eigenvalue weighted by molar-refractivity contribution is 0.771. The highest BCUT2D eigenvalue weighted by Crippen LogP contribution is 2.18. The van der Waals surface area contributed by atoms with E-state index in [2.05, 4.69) is 75.6 Å². The van der Waals surface area contributed by atoms with Crippen LogP contribution < -0.4 is 10.2 Å². The number of rotatable bonds is 7. The third-order valence-corrected chi connectivity index (χ3v) is 4.06. The zero-order valence-corrected chi connectivity index (χ0v) is 14.7. The highest BCUT2D eigenvalue weighted by molar-refractivity contribution is 5.56. The number of benzene rings is 2. The van der Waals surface area contributed by atoms with Crippen LogP contribution in [0.25, 0.3) is 0 Å². The van der Waals surface area contributed by atoms with Gasteiger partial charge in [-0.25, -0.2) is 0 Å². The summed E-state index contributed by atoms with van der Waals surface area (Å²) in [6, 6.07) is 18.7. The molecule has 0 unspecified atom stereocenters. The second-order valence-corrected chi connectivity index (χ2v) is 5.82. The second kappa shape index (κ2) is 8.24. The third-order valence-electron chi connectivity index (χ3n) is 4.06. The van der Waals surface area contributed by atoms with Gasteiger partial charge in [-0.1, -0.05) is 49.4 Å². The van der Waals surface area contributed by atoms with Crippen LogP contribution in [0.3, 0.4) is 0 Å². The Labute approximate surface area is 148 Å². The van der Waals surface area contributed by atoms with E-state index in [0.29, 0.717) is 11.8 Å². The van der Waals surface area contributed by atoms with Gasteiger partial charge in [-0.15, -0.1) is 5.10 Å². The smallest absolute Gasteiger partial charge is 0.247 e. The minimum atomic E-state index is 0.626. The number of anilines is 3. The summed E-state index contributed by atoms with van der Waals surface area (Å²) >= 11 is 0. The minimum Gasteiger partial charge on any atom is -0.339 e. The van der Waals surface area contributed by atoms with Crippen molar-refractivity contribution in [2.24, 2.45) is 0 Å². The van der Waals surface area contributed by atoms with Crippen LogP contribution in [-0.4, -0.2) is 21.7 Å². The number of hydrogen-bond acceptors (Lipinski definition) is 5. The van der Waals surface area contributed by atoms with Crippen molar-refractivity contribution in [3.63, 3.8) is 0 Å². The summed E-state index contributed by atoms with van der Waals surface area (Å²) in [5.74, 6) is 1.32. The monoisotopic (exact) mass is 333 g/mol. The molecule has 0 aliphatic rings. The molecule has 3 rings (SSSR count).